The largest absolute Gasteiger partial charge is 0.480 e. The van der Waals surface area contributed by atoms with Crippen molar-refractivity contribution in [3.63, 3.8) is 0 Å². The SMILES string of the molecule is CCCCC/C=C\C/C=C\CCCCCCCCN[C@@H](CCCCN)C(=O)O. The summed E-state index contributed by atoms with van der Waals surface area (Å²) in [5.41, 5.74) is 5.46. The fourth-order valence-corrected chi connectivity index (χ4v) is 3.20. The molecule has 0 aliphatic heterocycles. The van der Waals surface area contributed by atoms with Crippen LogP contribution in [0.25, 0.3) is 0 Å². The third-order valence-corrected chi connectivity index (χ3v) is 5.01. The van der Waals surface area contributed by atoms with E-state index in [0.29, 0.717) is 13.0 Å². The molecule has 0 saturated carbocycles. The van der Waals surface area contributed by atoms with Gasteiger partial charge in [-0.3, -0.25) is 4.79 Å². The van der Waals surface area contributed by atoms with E-state index in [-0.39, 0.29) is 0 Å². The predicted octanol–water partition coefficient (Wildman–Crippen LogP) is 5.97. The van der Waals surface area contributed by atoms with Crippen LogP contribution in [-0.2, 0) is 4.79 Å². The smallest absolute Gasteiger partial charge is 0.320 e. The fourth-order valence-electron chi connectivity index (χ4n) is 3.20. The van der Waals surface area contributed by atoms with Crippen LogP contribution < -0.4 is 11.1 Å². The third-order valence-electron chi connectivity index (χ3n) is 5.01. The monoisotopic (exact) mass is 394 g/mol. The molecule has 0 bridgehead atoms. The van der Waals surface area contributed by atoms with Crippen molar-refractivity contribution in [2.24, 2.45) is 5.73 Å². The molecule has 164 valence electrons. The van der Waals surface area contributed by atoms with Gasteiger partial charge in [0.05, 0.1) is 0 Å². The lowest BCUT2D eigenvalue weighted by Crippen LogP contribution is -2.37. The van der Waals surface area contributed by atoms with Crippen molar-refractivity contribution in [1.82, 2.24) is 5.32 Å². The highest BCUT2D eigenvalue weighted by Gasteiger charge is 2.15. The van der Waals surface area contributed by atoms with E-state index in [0.717, 1.165) is 32.2 Å². The summed E-state index contributed by atoms with van der Waals surface area (Å²) in [6.45, 7) is 3.68. The molecule has 0 spiro atoms. The van der Waals surface area contributed by atoms with E-state index in [4.69, 9.17) is 5.73 Å². The molecule has 0 aliphatic carbocycles. The Balaban J connectivity index is 3.40. The van der Waals surface area contributed by atoms with Crippen LogP contribution in [0.15, 0.2) is 24.3 Å². The molecule has 0 heterocycles. The van der Waals surface area contributed by atoms with Gasteiger partial charge in [-0.15, -0.1) is 0 Å². The highest BCUT2D eigenvalue weighted by Crippen LogP contribution is 2.08. The van der Waals surface area contributed by atoms with Gasteiger partial charge >= 0.3 is 5.97 Å². The first-order valence-electron chi connectivity index (χ1n) is 11.7. The highest BCUT2D eigenvalue weighted by atomic mass is 16.4. The molecule has 0 amide bonds. The minimum absolute atomic E-state index is 0.412. The van der Waals surface area contributed by atoms with E-state index < -0.39 is 12.0 Å². The van der Waals surface area contributed by atoms with Crippen LogP contribution >= 0.6 is 0 Å². The third kappa shape index (κ3) is 19.6. The van der Waals surface area contributed by atoms with Crippen LogP contribution in [0.2, 0.25) is 0 Å². The number of unbranched alkanes of at least 4 members (excludes halogenated alkanes) is 10. The van der Waals surface area contributed by atoms with Crippen molar-refractivity contribution in [3.8, 4) is 0 Å². The second-order valence-corrected chi connectivity index (χ2v) is 7.71. The zero-order valence-corrected chi connectivity index (χ0v) is 18.3. The van der Waals surface area contributed by atoms with Crippen LogP contribution in [-0.4, -0.2) is 30.2 Å². The van der Waals surface area contributed by atoms with E-state index in [1.165, 1.54) is 64.2 Å². The Hall–Kier alpha value is -1.13. The zero-order chi connectivity index (χ0) is 20.7. The van der Waals surface area contributed by atoms with Gasteiger partial charge < -0.3 is 16.2 Å². The van der Waals surface area contributed by atoms with E-state index in [1.54, 1.807) is 0 Å². The summed E-state index contributed by atoms with van der Waals surface area (Å²) < 4.78 is 0. The lowest BCUT2D eigenvalue weighted by Gasteiger charge is -2.14. The molecule has 0 unspecified atom stereocenters. The molecule has 28 heavy (non-hydrogen) atoms. The Morgan fingerprint density at radius 1 is 0.857 bits per heavy atom. The minimum Gasteiger partial charge on any atom is -0.480 e. The Labute approximate surface area is 174 Å². The average Bonchev–Trinajstić information content (AvgIpc) is 2.68. The molecule has 0 aromatic rings. The van der Waals surface area contributed by atoms with E-state index in [1.807, 2.05) is 0 Å². The Bertz CT molecular complexity index is 394. The molecule has 0 aliphatic rings. The van der Waals surface area contributed by atoms with Crippen molar-refractivity contribution in [3.05, 3.63) is 24.3 Å². The van der Waals surface area contributed by atoms with E-state index in [2.05, 4.69) is 36.5 Å². The predicted molar refractivity (Wildman–Crippen MR) is 122 cm³/mol. The topological polar surface area (TPSA) is 75.3 Å². The lowest BCUT2D eigenvalue weighted by atomic mass is 10.1. The van der Waals surface area contributed by atoms with Gasteiger partial charge in [0.2, 0.25) is 0 Å². The normalized spacial score (nSPS) is 12.9. The van der Waals surface area contributed by atoms with Crippen molar-refractivity contribution >= 4 is 5.97 Å². The number of carbonyl (C=O) groups is 1. The van der Waals surface area contributed by atoms with Crippen LogP contribution in [0.3, 0.4) is 0 Å². The molecule has 1 atom stereocenters. The number of allylic oxidation sites excluding steroid dienone is 4. The first kappa shape index (κ1) is 26.9. The van der Waals surface area contributed by atoms with Crippen LogP contribution in [0.4, 0.5) is 0 Å². The number of nitrogens with one attached hydrogen (secondary N) is 1. The molecule has 0 aromatic carbocycles. The van der Waals surface area contributed by atoms with Crippen molar-refractivity contribution in [2.45, 2.75) is 109 Å². The quantitative estimate of drug-likeness (QED) is 0.165. The molecule has 4 heteroatoms. The first-order chi connectivity index (χ1) is 13.7. The van der Waals surface area contributed by atoms with E-state index in [9.17, 15) is 9.90 Å². The number of carboxylic acids is 1. The van der Waals surface area contributed by atoms with Crippen molar-refractivity contribution < 1.29 is 9.90 Å². The minimum atomic E-state index is -0.739. The standard InChI is InChI=1S/C24H46N2O2/c1-2-3-4-5-6-7-8-9-10-11-12-13-14-15-16-19-22-26-23(24(27)28)20-17-18-21-25/h6-7,9-10,23,26H,2-5,8,11-22,25H2,1H3,(H,27,28)/b7-6-,10-9-/t23-/m0/s1. The van der Waals surface area contributed by atoms with Gasteiger partial charge in [0.1, 0.15) is 6.04 Å². The molecule has 4 nitrogen and oxygen atoms in total. The summed E-state index contributed by atoms with van der Waals surface area (Å²) in [6.07, 6.45) is 26.4. The second kappa shape index (κ2) is 22.2. The van der Waals surface area contributed by atoms with Gasteiger partial charge in [0.25, 0.3) is 0 Å². The summed E-state index contributed by atoms with van der Waals surface area (Å²) >= 11 is 0. The van der Waals surface area contributed by atoms with Gasteiger partial charge in [0.15, 0.2) is 0 Å². The number of carboxylic acid groups (broad SMARTS) is 1. The van der Waals surface area contributed by atoms with E-state index >= 15 is 0 Å². The molecule has 0 rings (SSSR count). The number of hydrogen-bond donors (Lipinski definition) is 3. The lowest BCUT2D eigenvalue weighted by molar-refractivity contribution is -0.139. The Morgan fingerprint density at radius 3 is 2.07 bits per heavy atom. The zero-order valence-electron chi connectivity index (χ0n) is 18.3. The number of aliphatic carboxylic acids is 1. The number of rotatable bonds is 21. The molecular formula is C24H46N2O2. The Morgan fingerprint density at radius 2 is 1.46 bits per heavy atom. The van der Waals surface area contributed by atoms with Gasteiger partial charge in [-0.05, 0) is 64.5 Å². The first-order valence-corrected chi connectivity index (χ1v) is 11.7. The van der Waals surface area contributed by atoms with Crippen LogP contribution in [0, 0.1) is 0 Å². The molecule has 0 aromatic heterocycles. The van der Waals surface area contributed by atoms with Gasteiger partial charge in [-0.1, -0.05) is 76.2 Å². The summed E-state index contributed by atoms with van der Waals surface area (Å²) in [7, 11) is 0. The molecule has 0 fully saturated rings. The molecular weight excluding hydrogens is 348 g/mol. The average molecular weight is 395 g/mol. The van der Waals surface area contributed by atoms with Gasteiger partial charge in [0, 0.05) is 0 Å². The van der Waals surface area contributed by atoms with Crippen molar-refractivity contribution in [2.75, 3.05) is 13.1 Å². The number of hydrogen-bond acceptors (Lipinski definition) is 3. The van der Waals surface area contributed by atoms with Crippen LogP contribution in [0.1, 0.15) is 103 Å². The molecule has 0 saturated heterocycles. The van der Waals surface area contributed by atoms with Gasteiger partial charge in [-0.2, -0.15) is 0 Å². The summed E-state index contributed by atoms with van der Waals surface area (Å²) in [6, 6.07) is -0.412. The van der Waals surface area contributed by atoms with Gasteiger partial charge in [-0.25, -0.2) is 0 Å². The second-order valence-electron chi connectivity index (χ2n) is 7.71. The fraction of sp³-hybridized carbons (Fsp3) is 0.792. The molecule has 4 N–H and O–H groups in total. The van der Waals surface area contributed by atoms with Crippen molar-refractivity contribution in [1.29, 1.82) is 0 Å². The van der Waals surface area contributed by atoms with Crippen LogP contribution in [0.5, 0.6) is 0 Å². The summed E-state index contributed by atoms with van der Waals surface area (Å²) in [5, 5.41) is 12.4. The molecule has 0 radical (unpaired) electrons. The maximum absolute atomic E-state index is 11.2. The maximum atomic E-state index is 11.2. The summed E-state index contributed by atoms with van der Waals surface area (Å²) in [5.74, 6) is -0.739. The highest BCUT2D eigenvalue weighted by molar-refractivity contribution is 5.73. The summed E-state index contributed by atoms with van der Waals surface area (Å²) in [4.78, 5) is 11.2. The maximum Gasteiger partial charge on any atom is 0.320 e. The number of nitrogens with two attached hydrogens (primary N) is 1. The Kier molecular flexibility index (Phi) is 21.3.